The van der Waals surface area contributed by atoms with Gasteiger partial charge in [0, 0.05) is 30.0 Å². The minimum Gasteiger partial charge on any atom is -0.480 e. The van der Waals surface area contributed by atoms with Crippen molar-refractivity contribution in [2.24, 2.45) is 5.92 Å². The van der Waals surface area contributed by atoms with Gasteiger partial charge in [0.2, 0.25) is 5.91 Å². The van der Waals surface area contributed by atoms with Crippen LogP contribution in [0.4, 0.5) is 8.78 Å². The number of hydrogen-bond donors (Lipinski definition) is 2. The van der Waals surface area contributed by atoms with Gasteiger partial charge in [0.15, 0.2) is 6.10 Å². The summed E-state index contributed by atoms with van der Waals surface area (Å²) in [6.45, 7) is 0. The summed E-state index contributed by atoms with van der Waals surface area (Å²) in [6.07, 6.45) is 1.68. The van der Waals surface area contributed by atoms with Crippen molar-refractivity contribution < 1.29 is 23.1 Å². The summed E-state index contributed by atoms with van der Waals surface area (Å²) in [5.74, 6) is -0.553. The highest BCUT2D eigenvalue weighted by Crippen LogP contribution is 2.48. The van der Waals surface area contributed by atoms with E-state index in [0.717, 1.165) is 0 Å². The molecule has 3 atom stereocenters. The molecule has 5 nitrogen and oxygen atoms in total. The van der Waals surface area contributed by atoms with Crippen LogP contribution >= 0.6 is 0 Å². The molecular formula is C23H22F2N2O3. The first kappa shape index (κ1) is 19.0. The highest BCUT2D eigenvalue weighted by Gasteiger charge is 2.46. The number of amides is 2. The second kappa shape index (κ2) is 7.38. The predicted octanol–water partition coefficient (Wildman–Crippen LogP) is 2.84. The number of nitrogens with one attached hydrogen (secondary N) is 2. The quantitative estimate of drug-likeness (QED) is 0.794. The molecule has 0 saturated heterocycles. The second-order valence-corrected chi connectivity index (χ2v) is 8.42. The van der Waals surface area contributed by atoms with E-state index in [1.54, 1.807) is 24.3 Å². The number of halogens is 2. The monoisotopic (exact) mass is 412 g/mol. The van der Waals surface area contributed by atoms with E-state index in [4.69, 9.17) is 4.74 Å². The minimum absolute atomic E-state index is 0.0143. The lowest BCUT2D eigenvalue weighted by Gasteiger charge is -2.36. The Balaban J connectivity index is 1.06. The maximum absolute atomic E-state index is 13.9. The molecule has 2 aliphatic carbocycles. The molecule has 1 unspecified atom stereocenters. The van der Waals surface area contributed by atoms with Crippen molar-refractivity contribution in [2.45, 2.75) is 49.8 Å². The zero-order chi connectivity index (χ0) is 20.8. The number of carbonyl (C=O) groups is 2. The van der Waals surface area contributed by atoms with E-state index in [-0.39, 0.29) is 47.4 Å². The summed E-state index contributed by atoms with van der Waals surface area (Å²) < 4.78 is 32.8. The SMILES string of the molecule is O=C(NC1CC(NC(=O)[C@@H]2C[C@H]2c2ccccc2F)C1)C1Cc2cc(F)ccc2O1. The Morgan fingerprint density at radius 3 is 2.43 bits per heavy atom. The summed E-state index contributed by atoms with van der Waals surface area (Å²) in [4.78, 5) is 24.9. The molecule has 2 aromatic carbocycles. The molecule has 2 fully saturated rings. The van der Waals surface area contributed by atoms with Gasteiger partial charge in [0.25, 0.3) is 5.91 Å². The lowest BCUT2D eigenvalue weighted by Crippen LogP contribution is -2.56. The highest BCUT2D eigenvalue weighted by molar-refractivity contribution is 5.84. The van der Waals surface area contributed by atoms with Gasteiger partial charge in [0.05, 0.1) is 0 Å². The molecular weight excluding hydrogens is 390 g/mol. The van der Waals surface area contributed by atoms with Gasteiger partial charge < -0.3 is 15.4 Å². The molecule has 0 radical (unpaired) electrons. The van der Waals surface area contributed by atoms with Gasteiger partial charge in [-0.1, -0.05) is 18.2 Å². The molecule has 7 heteroatoms. The van der Waals surface area contributed by atoms with E-state index in [1.807, 2.05) is 0 Å². The third-order valence-corrected chi connectivity index (χ3v) is 6.25. The lowest BCUT2D eigenvalue weighted by molar-refractivity contribution is -0.128. The predicted molar refractivity (Wildman–Crippen MR) is 105 cm³/mol. The van der Waals surface area contributed by atoms with Gasteiger partial charge in [-0.2, -0.15) is 0 Å². The normalized spacial score (nSPS) is 28.7. The third kappa shape index (κ3) is 3.64. The Morgan fingerprint density at radius 2 is 1.67 bits per heavy atom. The molecule has 2 N–H and O–H groups in total. The van der Waals surface area contributed by atoms with E-state index in [2.05, 4.69) is 10.6 Å². The number of carbonyl (C=O) groups excluding carboxylic acids is 2. The molecule has 1 aliphatic heterocycles. The smallest absolute Gasteiger partial charge is 0.261 e. The number of ether oxygens (including phenoxy) is 1. The molecule has 0 bridgehead atoms. The Morgan fingerprint density at radius 1 is 0.933 bits per heavy atom. The summed E-state index contributed by atoms with van der Waals surface area (Å²) in [6, 6.07) is 10.8. The topological polar surface area (TPSA) is 67.4 Å². The molecule has 5 rings (SSSR count). The van der Waals surface area contributed by atoms with E-state index in [9.17, 15) is 18.4 Å². The van der Waals surface area contributed by atoms with Crippen LogP contribution in [0.25, 0.3) is 0 Å². The van der Waals surface area contributed by atoms with Gasteiger partial charge in [0.1, 0.15) is 17.4 Å². The van der Waals surface area contributed by atoms with Gasteiger partial charge >= 0.3 is 0 Å². The van der Waals surface area contributed by atoms with Gasteiger partial charge in [-0.05, 0) is 55.0 Å². The molecule has 2 amide bonds. The van der Waals surface area contributed by atoms with Crippen LogP contribution in [-0.4, -0.2) is 30.0 Å². The van der Waals surface area contributed by atoms with Crippen molar-refractivity contribution in [3.05, 3.63) is 65.2 Å². The van der Waals surface area contributed by atoms with Crippen LogP contribution in [0.1, 0.15) is 36.3 Å². The van der Waals surface area contributed by atoms with Crippen molar-refractivity contribution in [2.75, 3.05) is 0 Å². The van der Waals surface area contributed by atoms with E-state index in [0.29, 0.717) is 42.6 Å². The maximum atomic E-state index is 13.9. The van der Waals surface area contributed by atoms with Crippen LogP contribution in [0.2, 0.25) is 0 Å². The Labute approximate surface area is 172 Å². The summed E-state index contributed by atoms with van der Waals surface area (Å²) in [5.41, 5.74) is 1.30. The molecule has 0 spiro atoms. The van der Waals surface area contributed by atoms with Crippen molar-refractivity contribution in [3.63, 3.8) is 0 Å². The maximum Gasteiger partial charge on any atom is 0.261 e. The summed E-state index contributed by atoms with van der Waals surface area (Å²) >= 11 is 0. The number of hydrogen-bond acceptors (Lipinski definition) is 3. The lowest BCUT2D eigenvalue weighted by atomic mass is 9.86. The first-order valence-electron chi connectivity index (χ1n) is 10.3. The first-order chi connectivity index (χ1) is 14.5. The summed E-state index contributed by atoms with van der Waals surface area (Å²) in [7, 11) is 0. The van der Waals surface area contributed by atoms with E-state index in [1.165, 1.54) is 18.2 Å². The zero-order valence-corrected chi connectivity index (χ0v) is 16.2. The molecule has 2 aromatic rings. The second-order valence-electron chi connectivity index (χ2n) is 8.42. The van der Waals surface area contributed by atoms with Crippen molar-refractivity contribution in [1.29, 1.82) is 0 Å². The van der Waals surface area contributed by atoms with Crippen LogP contribution in [0.15, 0.2) is 42.5 Å². The van der Waals surface area contributed by atoms with E-state index < -0.39 is 6.10 Å². The Bertz CT molecular complexity index is 1010. The Hall–Kier alpha value is -2.96. The fourth-order valence-electron chi connectivity index (χ4n) is 4.42. The summed E-state index contributed by atoms with van der Waals surface area (Å²) in [5, 5.41) is 5.94. The zero-order valence-electron chi connectivity index (χ0n) is 16.2. The highest BCUT2D eigenvalue weighted by atomic mass is 19.1. The standard InChI is InChI=1S/C23H22F2N2O3/c24-13-5-6-20-12(7-13)8-21(30-20)23(29)27-15-9-14(10-15)26-22(28)18-11-17(18)16-3-1-2-4-19(16)25/h1-7,14-15,17-18,21H,8-11H2,(H,26,28)(H,27,29)/t14?,15?,17-,18+,21?/m0/s1. The van der Waals surface area contributed by atoms with Gasteiger partial charge in [-0.25, -0.2) is 8.78 Å². The van der Waals surface area contributed by atoms with Crippen molar-refractivity contribution in [3.8, 4) is 5.75 Å². The molecule has 156 valence electrons. The van der Waals surface area contributed by atoms with Crippen molar-refractivity contribution in [1.82, 2.24) is 10.6 Å². The molecule has 3 aliphatic rings. The molecule has 2 saturated carbocycles. The first-order valence-corrected chi connectivity index (χ1v) is 10.3. The average Bonchev–Trinajstić information content (AvgIpc) is 3.37. The molecule has 30 heavy (non-hydrogen) atoms. The van der Waals surface area contributed by atoms with Crippen LogP contribution in [0.5, 0.6) is 5.75 Å². The number of benzene rings is 2. The average molecular weight is 412 g/mol. The van der Waals surface area contributed by atoms with E-state index >= 15 is 0 Å². The van der Waals surface area contributed by atoms with Crippen LogP contribution in [-0.2, 0) is 16.0 Å². The minimum atomic E-state index is -0.650. The largest absolute Gasteiger partial charge is 0.480 e. The fraction of sp³-hybridized carbons (Fsp3) is 0.391. The fourth-order valence-corrected chi connectivity index (χ4v) is 4.42. The Kier molecular flexibility index (Phi) is 4.68. The molecule has 0 aromatic heterocycles. The molecule has 1 heterocycles. The van der Waals surface area contributed by atoms with Crippen molar-refractivity contribution >= 4 is 11.8 Å². The van der Waals surface area contributed by atoms with Gasteiger partial charge in [-0.15, -0.1) is 0 Å². The van der Waals surface area contributed by atoms with Gasteiger partial charge in [-0.3, -0.25) is 9.59 Å². The number of rotatable bonds is 5. The van der Waals surface area contributed by atoms with Crippen LogP contribution < -0.4 is 15.4 Å². The number of fused-ring (bicyclic) bond motifs is 1. The third-order valence-electron chi connectivity index (χ3n) is 6.25. The van der Waals surface area contributed by atoms with Crippen LogP contribution in [0, 0.1) is 17.6 Å². The van der Waals surface area contributed by atoms with Crippen LogP contribution in [0.3, 0.4) is 0 Å².